The Hall–Kier alpha value is -1.34. The summed E-state index contributed by atoms with van der Waals surface area (Å²) in [5, 5.41) is 5.93. The topological polar surface area (TPSA) is 12.0 Å². The predicted octanol–water partition coefficient (Wildman–Crippen LogP) is 3.12. The molecule has 0 aliphatic rings. The zero-order valence-electron chi connectivity index (χ0n) is 8.62. The number of benzene rings is 2. The first-order valence-corrected chi connectivity index (χ1v) is 4.98. The number of nitrogens with one attached hydrogen (secondary N) is 1. The van der Waals surface area contributed by atoms with Crippen LogP contribution in [0.2, 0.25) is 0 Å². The summed E-state index contributed by atoms with van der Waals surface area (Å²) in [6, 6.07) is 15.4. The SMILES string of the molecule is CNC(C)c1cccc2ccccc12. The lowest BCUT2D eigenvalue weighted by molar-refractivity contribution is 0.657. The fourth-order valence-electron chi connectivity index (χ4n) is 1.78. The molecule has 0 aliphatic carbocycles. The first-order valence-electron chi connectivity index (χ1n) is 4.98. The van der Waals surface area contributed by atoms with Crippen molar-refractivity contribution < 1.29 is 0 Å². The van der Waals surface area contributed by atoms with Crippen molar-refractivity contribution in [1.82, 2.24) is 5.32 Å². The molecule has 1 unspecified atom stereocenters. The molecule has 72 valence electrons. The number of hydrogen-bond acceptors (Lipinski definition) is 1. The second-order valence-electron chi connectivity index (χ2n) is 3.58. The fourth-order valence-corrected chi connectivity index (χ4v) is 1.78. The van der Waals surface area contributed by atoms with Crippen molar-refractivity contribution in [3.63, 3.8) is 0 Å². The molecule has 0 saturated carbocycles. The Balaban J connectivity index is 2.65. The van der Waals surface area contributed by atoms with Crippen LogP contribution < -0.4 is 5.32 Å². The van der Waals surface area contributed by atoms with Crippen LogP contribution in [-0.4, -0.2) is 7.05 Å². The third-order valence-electron chi connectivity index (χ3n) is 2.72. The molecule has 2 aromatic rings. The molecule has 0 aromatic heterocycles. The second kappa shape index (κ2) is 3.81. The van der Waals surface area contributed by atoms with Gasteiger partial charge in [0.15, 0.2) is 0 Å². The highest BCUT2D eigenvalue weighted by Gasteiger charge is 2.05. The van der Waals surface area contributed by atoms with Gasteiger partial charge in [0.1, 0.15) is 0 Å². The molecule has 0 fully saturated rings. The van der Waals surface area contributed by atoms with Crippen molar-refractivity contribution >= 4 is 10.8 Å². The summed E-state index contributed by atoms with van der Waals surface area (Å²) < 4.78 is 0. The van der Waals surface area contributed by atoms with E-state index in [-0.39, 0.29) is 0 Å². The van der Waals surface area contributed by atoms with Crippen molar-refractivity contribution in [2.24, 2.45) is 0 Å². The van der Waals surface area contributed by atoms with Crippen LogP contribution in [0.3, 0.4) is 0 Å². The fraction of sp³-hybridized carbons (Fsp3) is 0.231. The van der Waals surface area contributed by atoms with E-state index >= 15 is 0 Å². The van der Waals surface area contributed by atoms with Gasteiger partial charge in [-0.15, -0.1) is 0 Å². The Morgan fingerprint density at radius 3 is 2.50 bits per heavy atom. The molecule has 0 spiro atoms. The van der Waals surface area contributed by atoms with Crippen LogP contribution in [-0.2, 0) is 0 Å². The molecule has 1 N–H and O–H groups in total. The Morgan fingerprint density at radius 2 is 1.71 bits per heavy atom. The van der Waals surface area contributed by atoms with Crippen LogP contribution in [0, 0.1) is 0 Å². The molecular weight excluding hydrogens is 170 g/mol. The molecule has 0 bridgehead atoms. The van der Waals surface area contributed by atoms with Crippen LogP contribution in [0.4, 0.5) is 0 Å². The van der Waals surface area contributed by atoms with Gasteiger partial charge in [-0.1, -0.05) is 42.5 Å². The molecule has 0 heterocycles. The van der Waals surface area contributed by atoms with E-state index in [1.807, 2.05) is 7.05 Å². The van der Waals surface area contributed by atoms with E-state index in [1.54, 1.807) is 0 Å². The average Bonchev–Trinajstić information content (AvgIpc) is 2.27. The molecule has 0 aliphatic heterocycles. The summed E-state index contributed by atoms with van der Waals surface area (Å²) in [6.07, 6.45) is 0. The molecule has 0 saturated heterocycles. The highest BCUT2D eigenvalue weighted by molar-refractivity contribution is 5.86. The number of rotatable bonds is 2. The van der Waals surface area contributed by atoms with Gasteiger partial charge in [-0.05, 0) is 30.3 Å². The third kappa shape index (κ3) is 1.51. The van der Waals surface area contributed by atoms with Crippen LogP contribution in [0.5, 0.6) is 0 Å². The monoisotopic (exact) mass is 185 g/mol. The Bertz CT molecular complexity index is 429. The van der Waals surface area contributed by atoms with E-state index in [2.05, 4.69) is 54.7 Å². The van der Waals surface area contributed by atoms with E-state index in [0.717, 1.165) is 0 Å². The maximum Gasteiger partial charge on any atom is 0.0295 e. The van der Waals surface area contributed by atoms with Crippen molar-refractivity contribution in [3.05, 3.63) is 48.0 Å². The number of hydrogen-bond donors (Lipinski definition) is 1. The van der Waals surface area contributed by atoms with Gasteiger partial charge in [0.25, 0.3) is 0 Å². The van der Waals surface area contributed by atoms with E-state index in [4.69, 9.17) is 0 Å². The van der Waals surface area contributed by atoms with Crippen LogP contribution >= 0.6 is 0 Å². The lowest BCUT2D eigenvalue weighted by Crippen LogP contribution is -2.12. The van der Waals surface area contributed by atoms with Crippen molar-refractivity contribution in [2.75, 3.05) is 7.05 Å². The Kier molecular flexibility index (Phi) is 2.51. The largest absolute Gasteiger partial charge is 0.313 e. The zero-order valence-corrected chi connectivity index (χ0v) is 8.62. The summed E-state index contributed by atoms with van der Waals surface area (Å²) in [7, 11) is 1.99. The number of fused-ring (bicyclic) bond motifs is 1. The van der Waals surface area contributed by atoms with Crippen LogP contribution in [0.1, 0.15) is 18.5 Å². The molecule has 0 amide bonds. The van der Waals surface area contributed by atoms with Gasteiger partial charge >= 0.3 is 0 Å². The van der Waals surface area contributed by atoms with Gasteiger partial charge in [0.05, 0.1) is 0 Å². The van der Waals surface area contributed by atoms with Crippen LogP contribution in [0.25, 0.3) is 10.8 Å². The smallest absolute Gasteiger partial charge is 0.0295 e. The standard InChI is InChI=1S/C13H15N/c1-10(14-2)12-9-5-7-11-6-3-4-8-13(11)12/h3-10,14H,1-2H3. The van der Waals surface area contributed by atoms with Gasteiger partial charge in [-0.25, -0.2) is 0 Å². The molecule has 2 aromatic carbocycles. The zero-order chi connectivity index (χ0) is 9.97. The summed E-state index contributed by atoms with van der Waals surface area (Å²) in [5.41, 5.74) is 1.37. The molecule has 1 nitrogen and oxygen atoms in total. The third-order valence-corrected chi connectivity index (χ3v) is 2.72. The maximum absolute atomic E-state index is 3.27. The summed E-state index contributed by atoms with van der Waals surface area (Å²) in [4.78, 5) is 0. The van der Waals surface area contributed by atoms with Gasteiger partial charge in [0.2, 0.25) is 0 Å². The Morgan fingerprint density at radius 1 is 1.00 bits per heavy atom. The quantitative estimate of drug-likeness (QED) is 0.758. The first-order chi connectivity index (χ1) is 6.83. The summed E-state index contributed by atoms with van der Waals surface area (Å²) in [6.45, 7) is 2.18. The molecule has 0 radical (unpaired) electrons. The molecule has 2 rings (SSSR count). The van der Waals surface area contributed by atoms with Crippen molar-refractivity contribution in [1.29, 1.82) is 0 Å². The van der Waals surface area contributed by atoms with Gasteiger partial charge < -0.3 is 5.32 Å². The predicted molar refractivity (Wildman–Crippen MR) is 61.4 cm³/mol. The molecular formula is C13H15N. The lowest BCUT2D eigenvalue weighted by Gasteiger charge is -2.13. The minimum absolute atomic E-state index is 0.404. The summed E-state index contributed by atoms with van der Waals surface area (Å²) in [5.74, 6) is 0. The highest BCUT2D eigenvalue weighted by atomic mass is 14.8. The van der Waals surface area contributed by atoms with Crippen LogP contribution in [0.15, 0.2) is 42.5 Å². The minimum atomic E-state index is 0.404. The highest BCUT2D eigenvalue weighted by Crippen LogP contribution is 2.23. The van der Waals surface area contributed by atoms with Crippen molar-refractivity contribution in [3.8, 4) is 0 Å². The van der Waals surface area contributed by atoms with Gasteiger partial charge in [0, 0.05) is 6.04 Å². The van der Waals surface area contributed by atoms with Gasteiger partial charge in [-0.3, -0.25) is 0 Å². The van der Waals surface area contributed by atoms with Gasteiger partial charge in [-0.2, -0.15) is 0 Å². The van der Waals surface area contributed by atoms with E-state index in [9.17, 15) is 0 Å². The van der Waals surface area contributed by atoms with E-state index in [0.29, 0.717) is 6.04 Å². The Labute approximate surface area is 84.8 Å². The maximum atomic E-state index is 3.27. The average molecular weight is 185 g/mol. The minimum Gasteiger partial charge on any atom is -0.313 e. The van der Waals surface area contributed by atoms with Crippen molar-refractivity contribution in [2.45, 2.75) is 13.0 Å². The first kappa shape index (κ1) is 9.22. The molecule has 1 heteroatoms. The molecule has 1 atom stereocenters. The normalized spacial score (nSPS) is 13.0. The summed E-state index contributed by atoms with van der Waals surface area (Å²) >= 11 is 0. The molecule has 14 heavy (non-hydrogen) atoms. The van der Waals surface area contributed by atoms with E-state index < -0.39 is 0 Å². The lowest BCUT2D eigenvalue weighted by atomic mass is 10.00. The second-order valence-corrected chi connectivity index (χ2v) is 3.58. The van der Waals surface area contributed by atoms with E-state index in [1.165, 1.54) is 16.3 Å².